The van der Waals surface area contributed by atoms with Crippen LogP contribution in [0.4, 0.5) is 13.2 Å². The predicted octanol–water partition coefficient (Wildman–Crippen LogP) is 6.66. The van der Waals surface area contributed by atoms with E-state index in [0.29, 0.717) is 6.42 Å². The number of rotatable bonds is 12. The molecule has 214 valence electrons. The van der Waals surface area contributed by atoms with E-state index >= 15 is 0 Å². The lowest BCUT2D eigenvalue weighted by atomic mass is 10.0. The van der Waals surface area contributed by atoms with Crippen LogP contribution >= 0.6 is 0 Å². The molecule has 1 aliphatic carbocycles. The summed E-state index contributed by atoms with van der Waals surface area (Å²) in [5.41, 5.74) is -1.40. The Labute approximate surface area is 227 Å². The summed E-state index contributed by atoms with van der Waals surface area (Å²) in [7, 11) is 0. The SMILES string of the molecule is CCCCC(C)(C)OC(=O)CC(CC(C)=O)NC(=O)c1cc(-c2ccccc2C(F)(F)F)n(C2CCCC2)n1. The van der Waals surface area contributed by atoms with Gasteiger partial charge in [-0.15, -0.1) is 0 Å². The van der Waals surface area contributed by atoms with Crippen LogP contribution in [-0.2, 0) is 20.5 Å². The maximum absolute atomic E-state index is 13.8. The third-order valence-electron chi connectivity index (χ3n) is 6.95. The number of hydrogen-bond donors (Lipinski definition) is 1. The van der Waals surface area contributed by atoms with E-state index < -0.39 is 35.3 Å². The van der Waals surface area contributed by atoms with E-state index in [1.54, 1.807) is 0 Å². The van der Waals surface area contributed by atoms with Gasteiger partial charge >= 0.3 is 12.1 Å². The van der Waals surface area contributed by atoms with Crippen LogP contribution in [0.3, 0.4) is 0 Å². The number of nitrogens with zero attached hydrogens (tertiary/aromatic N) is 2. The van der Waals surface area contributed by atoms with Crippen molar-refractivity contribution in [3.05, 3.63) is 41.6 Å². The van der Waals surface area contributed by atoms with Gasteiger partial charge in [-0.05, 0) is 58.6 Å². The van der Waals surface area contributed by atoms with E-state index in [-0.39, 0.29) is 41.6 Å². The van der Waals surface area contributed by atoms with Crippen molar-refractivity contribution in [2.75, 3.05) is 0 Å². The second kappa shape index (κ2) is 12.8. The van der Waals surface area contributed by atoms with Crippen LogP contribution in [0.1, 0.15) is 108 Å². The molecule has 10 heteroatoms. The molecule has 0 spiro atoms. The fourth-order valence-corrected chi connectivity index (χ4v) is 5.07. The molecule has 1 saturated carbocycles. The Kier molecular flexibility index (Phi) is 9.96. The van der Waals surface area contributed by atoms with Crippen molar-refractivity contribution in [1.82, 2.24) is 15.1 Å². The molecule has 1 atom stereocenters. The standard InChI is InChI=1S/C29H38F3N3O4/c1-5-6-15-28(3,4)39-26(37)17-20(16-19(2)36)33-27(38)24-18-25(35(34-24)21-11-7-8-12-21)22-13-9-10-14-23(22)29(30,31)32/h9-10,13-14,18,20-21H,5-8,11-12,15-17H2,1-4H3,(H,33,38). The fraction of sp³-hybridized carbons (Fsp3) is 0.586. The molecule has 1 unspecified atom stereocenters. The van der Waals surface area contributed by atoms with Gasteiger partial charge in [-0.1, -0.05) is 44.4 Å². The maximum Gasteiger partial charge on any atom is 0.417 e. The van der Waals surface area contributed by atoms with E-state index in [1.807, 2.05) is 20.8 Å². The molecule has 7 nitrogen and oxygen atoms in total. The Bertz CT molecular complexity index is 1170. The summed E-state index contributed by atoms with van der Waals surface area (Å²) < 4.78 is 48.6. The number of hydrogen-bond acceptors (Lipinski definition) is 5. The fourth-order valence-electron chi connectivity index (χ4n) is 5.07. The summed E-state index contributed by atoms with van der Waals surface area (Å²) in [4.78, 5) is 37.8. The number of amides is 1. The van der Waals surface area contributed by atoms with Crippen LogP contribution in [0.25, 0.3) is 11.3 Å². The molecule has 0 bridgehead atoms. The summed E-state index contributed by atoms with van der Waals surface area (Å²) >= 11 is 0. The first-order valence-electron chi connectivity index (χ1n) is 13.6. The van der Waals surface area contributed by atoms with E-state index in [9.17, 15) is 27.6 Å². The highest BCUT2D eigenvalue weighted by Gasteiger charge is 2.35. The van der Waals surface area contributed by atoms with Gasteiger partial charge in [0.1, 0.15) is 11.4 Å². The van der Waals surface area contributed by atoms with Gasteiger partial charge in [0.05, 0.1) is 23.7 Å². The van der Waals surface area contributed by atoms with Crippen LogP contribution in [0.2, 0.25) is 0 Å². The molecule has 1 heterocycles. The van der Waals surface area contributed by atoms with Crippen LogP contribution in [0.5, 0.6) is 0 Å². The van der Waals surface area contributed by atoms with E-state index in [2.05, 4.69) is 10.4 Å². The number of unbranched alkanes of at least 4 members (excludes halogenated alkanes) is 1. The first-order valence-corrected chi connectivity index (χ1v) is 13.6. The number of halogens is 3. The minimum Gasteiger partial charge on any atom is -0.460 e. The first kappa shape index (κ1) is 30.4. The summed E-state index contributed by atoms with van der Waals surface area (Å²) in [6.45, 7) is 7.03. The highest BCUT2D eigenvalue weighted by Crippen LogP contribution is 2.40. The van der Waals surface area contributed by atoms with E-state index in [4.69, 9.17) is 4.74 Å². The molecule has 1 aliphatic rings. The zero-order valence-electron chi connectivity index (χ0n) is 23.1. The number of ether oxygens (including phenoxy) is 1. The van der Waals surface area contributed by atoms with Crippen LogP contribution in [0.15, 0.2) is 30.3 Å². The molecule has 1 amide bonds. The number of ketones is 1. The normalized spacial score (nSPS) is 15.3. The topological polar surface area (TPSA) is 90.3 Å². The van der Waals surface area contributed by atoms with E-state index in [1.165, 1.54) is 35.9 Å². The van der Waals surface area contributed by atoms with Gasteiger partial charge in [0, 0.05) is 18.0 Å². The number of carbonyl (C=O) groups excluding carboxylic acids is 3. The largest absolute Gasteiger partial charge is 0.460 e. The highest BCUT2D eigenvalue weighted by atomic mass is 19.4. The third kappa shape index (κ3) is 8.41. The van der Waals surface area contributed by atoms with Crippen LogP contribution in [0, 0.1) is 0 Å². The summed E-state index contributed by atoms with van der Waals surface area (Å²) in [5.74, 6) is -1.43. The number of esters is 1. The van der Waals surface area contributed by atoms with Gasteiger partial charge in [0.15, 0.2) is 5.69 Å². The summed E-state index contributed by atoms with van der Waals surface area (Å²) in [6.07, 6.45) is 0.962. The molecular weight excluding hydrogens is 511 g/mol. The minimum absolute atomic E-state index is 0.0541. The zero-order chi connectivity index (χ0) is 28.8. The Balaban J connectivity index is 1.87. The van der Waals surface area contributed by atoms with Gasteiger partial charge in [0.2, 0.25) is 0 Å². The lowest BCUT2D eigenvalue weighted by molar-refractivity contribution is -0.157. The molecule has 2 aromatic rings. The molecule has 0 saturated heterocycles. The van der Waals surface area contributed by atoms with Crippen molar-refractivity contribution in [2.45, 2.75) is 109 Å². The Morgan fingerprint density at radius 3 is 2.41 bits per heavy atom. The van der Waals surface area contributed by atoms with Crippen molar-refractivity contribution in [1.29, 1.82) is 0 Å². The van der Waals surface area contributed by atoms with Gasteiger partial charge < -0.3 is 10.1 Å². The number of Topliss-reactive ketones (excluding diaryl/α,β-unsaturated/α-hetero) is 1. The van der Waals surface area contributed by atoms with Gasteiger partial charge in [-0.25, -0.2) is 0 Å². The quantitative estimate of drug-likeness (QED) is 0.299. The Hall–Kier alpha value is -3.17. The lowest BCUT2D eigenvalue weighted by Crippen LogP contribution is -2.39. The monoisotopic (exact) mass is 549 g/mol. The number of alkyl halides is 3. The molecule has 39 heavy (non-hydrogen) atoms. The molecular formula is C29H38F3N3O4. The first-order chi connectivity index (χ1) is 18.3. The van der Waals surface area contributed by atoms with Gasteiger partial charge in [-0.3, -0.25) is 19.1 Å². The van der Waals surface area contributed by atoms with Crippen molar-refractivity contribution in [2.24, 2.45) is 0 Å². The maximum atomic E-state index is 13.8. The molecule has 1 fully saturated rings. The number of nitrogens with one attached hydrogen (secondary N) is 1. The Morgan fingerprint density at radius 1 is 1.13 bits per heavy atom. The number of carbonyl (C=O) groups is 3. The number of benzene rings is 1. The number of aromatic nitrogens is 2. The molecule has 0 aliphatic heterocycles. The molecule has 0 radical (unpaired) electrons. The molecule has 1 aromatic heterocycles. The lowest BCUT2D eigenvalue weighted by Gasteiger charge is -2.26. The molecule has 1 aromatic carbocycles. The molecule has 1 N–H and O–H groups in total. The summed E-state index contributed by atoms with van der Waals surface area (Å²) in [6, 6.07) is 5.62. The van der Waals surface area contributed by atoms with E-state index in [0.717, 1.165) is 44.6 Å². The summed E-state index contributed by atoms with van der Waals surface area (Å²) in [5, 5.41) is 7.13. The third-order valence-corrected chi connectivity index (χ3v) is 6.95. The van der Waals surface area contributed by atoms with Crippen molar-refractivity contribution >= 4 is 17.7 Å². The van der Waals surface area contributed by atoms with Crippen molar-refractivity contribution in [3.63, 3.8) is 0 Å². The average Bonchev–Trinajstić information content (AvgIpc) is 3.51. The van der Waals surface area contributed by atoms with Gasteiger partial charge in [-0.2, -0.15) is 18.3 Å². The second-order valence-electron chi connectivity index (χ2n) is 11.0. The predicted molar refractivity (Wildman–Crippen MR) is 141 cm³/mol. The van der Waals surface area contributed by atoms with Crippen LogP contribution in [-0.4, -0.2) is 39.1 Å². The average molecular weight is 550 g/mol. The van der Waals surface area contributed by atoms with Crippen LogP contribution < -0.4 is 5.32 Å². The Morgan fingerprint density at radius 2 is 1.79 bits per heavy atom. The smallest absolute Gasteiger partial charge is 0.417 e. The van der Waals surface area contributed by atoms with Gasteiger partial charge in [0.25, 0.3) is 5.91 Å². The van der Waals surface area contributed by atoms with Crippen molar-refractivity contribution in [3.8, 4) is 11.3 Å². The van der Waals surface area contributed by atoms with Crippen molar-refractivity contribution < 1.29 is 32.3 Å². The second-order valence-corrected chi connectivity index (χ2v) is 11.0. The minimum atomic E-state index is -4.58. The molecule has 3 rings (SSSR count). The zero-order valence-corrected chi connectivity index (χ0v) is 23.1. The highest BCUT2D eigenvalue weighted by molar-refractivity contribution is 5.94.